The molecule has 0 bridgehead atoms. The van der Waals surface area contributed by atoms with Crippen LogP contribution in [0, 0.1) is 5.92 Å². The van der Waals surface area contributed by atoms with E-state index in [4.69, 9.17) is 4.74 Å². The van der Waals surface area contributed by atoms with Gasteiger partial charge in [-0.2, -0.15) is 0 Å². The highest BCUT2D eigenvalue weighted by Gasteiger charge is 2.23. The van der Waals surface area contributed by atoms with Crippen LogP contribution in [0.1, 0.15) is 30.4 Å². The highest BCUT2D eigenvalue weighted by Crippen LogP contribution is 2.33. The van der Waals surface area contributed by atoms with Crippen LogP contribution in [0.3, 0.4) is 0 Å². The van der Waals surface area contributed by atoms with Gasteiger partial charge in [-0.05, 0) is 62.0 Å². The van der Waals surface area contributed by atoms with Crippen molar-refractivity contribution >= 4 is 0 Å². The first-order valence-electron chi connectivity index (χ1n) is 8.46. The van der Waals surface area contributed by atoms with E-state index in [2.05, 4.69) is 74.4 Å². The predicted molar refractivity (Wildman–Crippen MR) is 98.2 cm³/mol. The number of nitrogens with zero attached hydrogens (tertiary/aromatic N) is 1. The van der Waals surface area contributed by atoms with Gasteiger partial charge in [-0.1, -0.05) is 49.4 Å². The van der Waals surface area contributed by atoms with Crippen LogP contribution in [0.4, 0.5) is 0 Å². The van der Waals surface area contributed by atoms with Crippen LogP contribution < -0.4 is 4.74 Å². The van der Waals surface area contributed by atoms with Gasteiger partial charge in [0.1, 0.15) is 5.75 Å². The summed E-state index contributed by atoms with van der Waals surface area (Å²) in [4.78, 5) is 2.30. The molecule has 0 radical (unpaired) electrons. The molecule has 2 unspecified atom stereocenters. The fourth-order valence-corrected chi connectivity index (χ4v) is 3.43. The average Bonchev–Trinajstić information content (AvgIpc) is 2.56. The van der Waals surface area contributed by atoms with Crippen molar-refractivity contribution in [2.24, 2.45) is 5.92 Å². The van der Waals surface area contributed by atoms with Crippen molar-refractivity contribution in [3.05, 3.63) is 65.7 Å². The second-order valence-electron chi connectivity index (χ2n) is 6.50. The van der Waals surface area contributed by atoms with Crippen molar-refractivity contribution in [1.82, 2.24) is 4.90 Å². The number of hydrogen-bond acceptors (Lipinski definition) is 2. The Morgan fingerprint density at radius 3 is 2.35 bits per heavy atom. The zero-order valence-corrected chi connectivity index (χ0v) is 14.8. The first kappa shape index (κ1) is 17.6. The summed E-state index contributed by atoms with van der Waals surface area (Å²) in [5.41, 5.74) is 2.80. The Bertz CT molecular complexity index is 579. The number of rotatable bonds is 8. The molecule has 0 aromatic heterocycles. The summed E-state index contributed by atoms with van der Waals surface area (Å²) in [6, 6.07) is 19.4. The second kappa shape index (κ2) is 8.73. The molecule has 0 saturated carbocycles. The van der Waals surface area contributed by atoms with E-state index in [-0.39, 0.29) is 0 Å². The van der Waals surface area contributed by atoms with Crippen molar-refractivity contribution in [2.75, 3.05) is 27.7 Å². The first-order chi connectivity index (χ1) is 11.1. The van der Waals surface area contributed by atoms with Crippen molar-refractivity contribution < 1.29 is 4.74 Å². The van der Waals surface area contributed by atoms with Gasteiger partial charge in [-0.25, -0.2) is 0 Å². The van der Waals surface area contributed by atoms with Crippen LogP contribution in [0.5, 0.6) is 5.75 Å². The molecular weight excluding hydrogens is 282 g/mol. The minimum atomic E-state index is 0.535. The first-order valence-corrected chi connectivity index (χ1v) is 8.46. The van der Waals surface area contributed by atoms with Gasteiger partial charge in [0.15, 0.2) is 0 Å². The normalized spacial score (nSPS) is 13.8. The van der Waals surface area contributed by atoms with E-state index in [0.29, 0.717) is 11.8 Å². The van der Waals surface area contributed by atoms with Gasteiger partial charge in [0.05, 0.1) is 7.11 Å². The molecule has 0 N–H and O–H groups in total. The third-order valence-electron chi connectivity index (χ3n) is 4.47. The topological polar surface area (TPSA) is 12.5 Å². The molecule has 2 rings (SSSR count). The molecule has 124 valence electrons. The van der Waals surface area contributed by atoms with Gasteiger partial charge >= 0.3 is 0 Å². The molecule has 0 saturated heterocycles. The lowest BCUT2D eigenvalue weighted by atomic mass is 9.80. The Balaban J connectivity index is 2.26. The molecule has 2 aromatic carbocycles. The molecule has 23 heavy (non-hydrogen) atoms. The summed E-state index contributed by atoms with van der Waals surface area (Å²) in [5.74, 6) is 2.07. The Morgan fingerprint density at radius 2 is 1.74 bits per heavy atom. The van der Waals surface area contributed by atoms with E-state index >= 15 is 0 Å². The maximum Gasteiger partial charge on any atom is 0.119 e. The van der Waals surface area contributed by atoms with Crippen LogP contribution in [0.15, 0.2) is 54.6 Å². The highest BCUT2D eigenvalue weighted by atomic mass is 16.5. The molecule has 0 amide bonds. The minimum Gasteiger partial charge on any atom is -0.497 e. The van der Waals surface area contributed by atoms with Crippen LogP contribution in [0.25, 0.3) is 0 Å². The molecule has 2 aromatic rings. The summed E-state index contributed by atoms with van der Waals surface area (Å²) in [7, 11) is 6.06. The summed E-state index contributed by atoms with van der Waals surface area (Å²) >= 11 is 0. The lowest BCUT2D eigenvalue weighted by Crippen LogP contribution is -2.28. The van der Waals surface area contributed by atoms with Gasteiger partial charge in [0.2, 0.25) is 0 Å². The zero-order valence-electron chi connectivity index (χ0n) is 14.8. The molecule has 0 fully saturated rings. The van der Waals surface area contributed by atoms with E-state index in [1.54, 1.807) is 7.11 Å². The van der Waals surface area contributed by atoms with Crippen molar-refractivity contribution in [1.29, 1.82) is 0 Å². The monoisotopic (exact) mass is 311 g/mol. The molecule has 0 heterocycles. The van der Waals surface area contributed by atoms with Crippen LogP contribution in [-0.2, 0) is 6.42 Å². The lowest BCUT2D eigenvalue weighted by Gasteiger charge is -2.29. The van der Waals surface area contributed by atoms with Crippen molar-refractivity contribution in [3.8, 4) is 5.75 Å². The summed E-state index contributed by atoms with van der Waals surface area (Å²) < 4.78 is 5.42. The van der Waals surface area contributed by atoms with E-state index in [1.807, 2.05) is 6.07 Å². The fourth-order valence-electron chi connectivity index (χ4n) is 3.43. The Kier molecular flexibility index (Phi) is 6.66. The van der Waals surface area contributed by atoms with E-state index < -0.39 is 0 Å². The summed E-state index contributed by atoms with van der Waals surface area (Å²) in [5, 5.41) is 0. The Hall–Kier alpha value is -1.80. The van der Waals surface area contributed by atoms with Gasteiger partial charge in [0, 0.05) is 6.54 Å². The minimum absolute atomic E-state index is 0.535. The predicted octanol–water partition coefficient (Wildman–Crippen LogP) is 4.61. The molecule has 0 aliphatic carbocycles. The molecular formula is C21H29NO. The van der Waals surface area contributed by atoms with Gasteiger partial charge < -0.3 is 9.64 Å². The summed E-state index contributed by atoms with van der Waals surface area (Å²) in [6.45, 7) is 3.38. The molecule has 0 spiro atoms. The smallest absolute Gasteiger partial charge is 0.119 e. The van der Waals surface area contributed by atoms with Crippen LogP contribution in [-0.4, -0.2) is 32.6 Å². The number of benzene rings is 2. The molecule has 2 heteroatoms. The zero-order chi connectivity index (χ0) is 16.7. The quantitative estimate of drug-likeness (QED) is 0.706. The Morgan fingerprint density at radius 1 is 1.00 bits per heavy atom. The van der Waals surface area contributed by atoms with Crippen LogP contribution >= 0.6 is 0 Å². The maximum absolute atomic E-state index is 5.42. The van der Waals surface area contributed by atoms with E-state index in [1.165, 1.54) is 11.1 Å². The molecule has 0 aliphatic heterocycles. The van der Waals surface area contributed by atoms with Gasteiger partial charge in [-0.3, -0.25) is 0 Å². The molecule has 2 atom stereocenters. The number of methoxy groups -OCH3 is 1. The van der Waals surface area contributed by atoms with Crippen molar-refractivity contribution in [3.63, 3.8) is 0 Å². The number of ether oxygens (including phenoxy) is 1. The van der Waals surface area contributed by atoms with E-state index in [0.717, 1.165) is 25.1 Å². The summed E-state index contributed by atoms with van der Waals surface area (Å²) in [6.07, 6.45) is 2.24. The maximum atomic E-state index is 5.42. The van der Waals surface area contributed by atoms with Gasteiger partial charge in [0.25, 0.3) is 0 Å². The van der Waals surface area contributed by atoms with Gasteiger partial charge in [-0.15, -0.1) is 0 Å². The van der Waals surface area contributed by atoms with E-state index in [9.17, 15) is 0 Å². The second-order valence-corrected chi connectivity index (χ2v) is 6.50. The highest BCUT2D eigenvalue weighted by molar-refractivity contribution is 5.31. The largest absolute Gasteiger partial charge is 0.497 e. The third kappa shape index (κ3) is 5.11. The SMILES string of the molecule is CCC(c1cccc(OC)c1)C(Cc1ccccc1)CN(C)C. The standard InChI is InChI=1S/C21H29NO/c1-5-21(18-12-9-13-20(15-18)23-4)19(16-22(2)3)14-17-10-7-6-8-11-17/h6-13,15,19,21H,5,14,16H2,1-4H3. The third-order valence-corrected chi connectivity index (χ3v) is 4.47. The van der Waals surface area contributed by atoms with Crippen molar-refractivity contribution in [2.45, 2.75) is 25.7 Å². The molecule has 2 nitrogen and oxygen atoms in total. The lowest BCUT2D eigenvalue weighted by molar-refractivity contribution is 0.282. The number of hydrogen-bond donors (Lipinski definition) is 0. The Labute approximate surface area is 141 Å². The molecule has 0 aliphatic rings. The fraction of sp³-hybridized carbons (Fsp3) is 0.429. The van der Waals surface area contributed by atoms with Crippen LogP contribution in [0.2, 0.25) is 0 Å². The average molecular weight is 311 g/mol.